The number of fused-ring (bicyclic) bond motifs is 1. The number of phenols is 1. The van der Waals surface area contributed by atoms with E-state index in [1.165, 1.54) is 13.8 Å². The van der Waals surface area contributed by atoms with E-state index in [1.54, 1.807) is 23.1 Å². The number of nitrogens with zero attached hydrogens (tertiary/aromatic N) is 4. The van der Waals surface area contributed by atoms with Crippen molar-refractivity contribution in [3.05, 3.63) is 48.0 Å². The summed E-state index contributed by atoms with van der Waals surface area (Å²) in [5.41, 5.74) is 1.17. The second kappa shape index (κ2) is 10.2. The molecule has 1 fully saturated rings. The molecule has 9 heteroatoms. The molecule has 4 rings (SSSR count). The third-order valence-electron chi connectivity index (χ3n) is 6.20. The molecule has 1 unspecified atom stereocenters. The number of amides is 1. The molecule has 190 valence electrons. The minimum absolute atomic E-state index is 0.0963. The number of piperazine rings is 1. The lowest BCUT2D eigenvalue weighted by Crippen LogP contribution is -2.52. The van der Waals surface area contributed by atoms with Crippen LogP contribution in [0.4, 0.5) is 5.82 Å². The molecule has 1 atom stereocenters. The minimum atomic E-state index is -1.43. The average Bonchev–Trinajstić information content (AvgIpc) is 2.81. The summed E-state index contributed by atoms with van der Waals surface area (Å²) in [7, 11) is 0. The van der Waals surface area contributed by atoms with Crippen LogP contribution in [-0.2, 0) is 9.59 Å². The molecule has 2 aromatic carbocycles. The number of phenolic OH excluding ortho intramolecular Hbond substituents is 1. The molecule has 0 radical (unpaired) electrons. The van der Waals surface area contributed by atoms with Crippen molar-refractivity contribution in [2.45, 2.75) is 45.3 Å². The maximum atomic E-state index is 12.8. The Morgan fingerprint density at radius 3 is 2.42 bits per heavy atom. The van der Waals surface area contributed by atoms with Gasteiger partial charge in [-0.1, -0.05) is 18.2 Å². The van der Waals surface area contributed by atoms with E-state index in [1.807, 2.05) is 31.2 Å². The van der Waals surface area contributed by atoms with Crippen molar-refractivity contribution in [1.82, 2.24) is 14.9 Å². The summed E-state index contributed by atoms with van der Waals surface area (Å²) in [5, 5.41) is 31.4. The van der Waals surface area contributed by atoms with Gasteiger partial charge >= 0.3 is 0 Å². The van der Waals surface area contributed by atoms with Crippen LogP contribution >= 0.6 is 0 Å². The first-order valence-corrected chi connectivity index (χ1v) is 12.0. The first-order chi connectivity index (χ1) is 17.0. The summed E-state index contributed by atoms with van der Waals surface area (Å²) >= 11 is 0. The number of aryl methyl sites for hydroxylation is 1. The number of aliphatic hydroxyl groups is 2. The van der Waals surface area contributed by atoms with Crippen molar-refractivity contribution in [1.29, 1.82) is 0 Å². The highest BCUT2D eigenvalue weighted by Crippen LogP contribution is 2.32. The summed E-state index contributed by atoms with van der Waals surface area (Å²) in [6.45, 7) is 6.70. The van der Waals surface area contributed by atoms with Crippen LogP contribution in [0.15, 0.2) is 42.5 Å². The summed E-state index contributed by atoms with van der Waals surface area (Å²) in [6.07, 6.45) is -1.87. The number of aliphatic hydroxyl groups excluding tert-OH is 1. The van der Waals surface area contributed by atoms with Gasteiger partial charge in [0.1, 0.15) is 23.5 Å². The van der Waals surface area contributed by atoms with Crippen LogP contribution in [0.25, 0.3) is 22.3 Å². The van der Waals surface area contributed by atoms with E-state index < -0.39 is 17.6 Å². The third-order valence-corrected chi connectivity index (χ3v) is 6.20. The summed E-state index contributed by atoms with van der Waals surface area (Å²) in [6, 6.07) is 12.9. The monoisotopic (exact) mass is 492 g/mol. The lowest BCUT2D eigenvalue weighted by atomic mass is 9.98. The molecular weight excluding hydrogens is 460 g/mol. The van der Waals surface area contributed by atoms with Crippen LogP contribution in [0, 0.1) is 6.92 Å². The Labute approximate surface area is 210 Å². The van der Waals surface area contributed by atoms with Crippen LogP contribution in [0.5, 0.6) is 5.75 Å². The first kappa shape index (κ1) is 25.5. The fourth-order valence-electron chi connectivity index (χ4n) is 4.45. The van der Waals surface area contributed by atoms with Crippen molar-refractivity contribution in [2.75, 3.05) is 31.1 Å². The zero-order valence-electron chi connectivity index (χ0n) is 20.8. The van der Waals surface area contributed by atoms with Crippen molar-refractivity contribution in [3.63, 3.8) is 0 Å². The zero-order valence-corrected chi connectivity index (χ0v) is 20.8. The predicted molar refractivity (Wildman–Crippen MR) is 137 cm³/mol. The number of anilines is 1. The van der Waals surface area contributed by atoms with Crippen LogP contribution in [0.2, 0.25) is 0 Å². The number of aromatic nitrogens is 2. The number of ketones is 1. The Bertz CT molecular complexity index is 1280. The molecular formula is C27H32N4O5. The topological polar surface area (TPSA) is 127 Å². The number of para-hydroxylation sites is 1. The van der Waals surface area contributed by atoms with E-state index in [0.717, 1.165) is 16.5 Å². The molecule has 1 aliphatic rings. The Balaban J connectivity index is 1.52. The molecule has 3 aromatic rings. The van der Waals surface area contributed by atoms with Gasteiger partial charge in [0.25, 0.3) is 5.91 Å². The number of benzene rings is 2. The Hall–Kier alpha value is -3.56. The van der Waals surface area contributed by atoms with E-state index in [-0.39, 0.29) is 24.4 Å². The van der Waals surface area contributed by atoms with Gasteiger partial charge in [0.2, 0.25) is 0 Å². The van der Waals surface area contributed by atoms with Gasteiger partial charge in [-0.2, -0.15) is 0 Å². The molecule has 0 saturated carbocycles. The number of carbonyl (C=O) groups excluding carboxylic acids is 2. The Kier molecular flexibility index (Phi) is 7.23. The maximum absolute atomic E-state index is 12.8. The van der Waals surface area contributed by atoms with Crippen LogP contribution in [0.1, 0.15) is 32.3 Å². The molecule has 1 aliphatic heterocycles. The normalized spacial score (nSPS) is 15.2. The largest absolute Gasteiger partial charge is 0.507 e. The second-order valence-electron chi connectivity index (χ2n) is 9.97. The minimum Gasteiger partial charge on any atom is -0.507 e. The van der Waals surface area contributed by atoms with Gasteiger partial charge in [0, 0.05) is 44.4 Å². The third kappa shape index (κ3) is 5.80. The number of aromatic hydroxyl groups is 1. The fourth-order valence-corrected chi connectivity index (χ4v) is 4.45. The van der Waals surface area contributed by atoms with E-state index in [9.17, 15) is 24.9 Å². The Morgan fingerprint density at radius 1 is 1.06 bits per heavy atom. The standard InChI is InChI=1S/C27H32N4O5/c1-17-8-9-19-21(14-17)28-24(20-6-4-5-7-22(20)33)29-25(19)30-10-12-31(13-11-30)26(35)23(34)15-18(32)16-27(2,3)36/h4-9,14,23,33-34,36H,10-13,15-16H2,1-3H3. The fraction of sp³-hybridized carbons (Fsp3) is 0.407. The molecule has 3 N–H and O–H groups in total. The summed E-state index contributed by atoms with van der Waals surface area (Å²) < 4.78 is 0. The molecule has 36 heavy (non-hydrogen) atoms. The van der Waals surface area contributed by atoms with Crippen LogP contribution in [-0.4, -0.2) is 79.8 Å². The van der Waals surface area contributed by atoms with Gasteiger partial charge in [0.05, 0.1) is 16.7 Å². The van der Waals surface area contributed by atoms with Gasteiger partial charge in [-0.15, -0.1) is 0 Å². The average molecular weight is 493 g/mol. The molecule has 1 saturated heterocycles. The predicted octanol–water partition coefficient (Wildman–Crippen LogP) is 2.44. The molecule has 1 amide bonds. The van der Waals surface area contributed by atoms with Crippen molar-refractivity contribution in [3.8, 4) is 17.1 Å². The number of hydrogen-bond donors (Lipinski definition) is 3. The maximum Gasteiger partial charge on any atom is 0.251 e. The van der Waals surface area contributed by atoms with Crippen LogP contribution < -0.4 is 4.90 Å². The second-order valence-corrected chi connectivity index (χ2v) is 9.97. The van der Waals surface area contributed by atoms with E-state index in [0.29, 0.717) is 43.4 Å². The molecule has 1 aromatic heterocycles. The van der Waals surface area contributed by atoms with Gasteiger partial charge in [-0.3, -0.25) is 9.59 Å². The van der Waals surface area contributed by atoms with Gasteiger partial charge in [-0.25, -0.2) is 9.97 Å². The highest BCUT2D eigenvalue weighted by atomic mass is 16.3. The van der Waals surface area contributed by atoms with E-state index in [4.69, 9.17) is 9.97 Å². The number of Topliss-reactive ketones (excluding diaryl/α,β-unsaturated/α-hetero) is 1. The molecule has 2 heterocycles. The summed E-state index contributed by atoms with van der Waals surface area (Å²) in [4.78, 5) is 38.0. The van der Waals surface area contributed by atoms with Crippen molar-refractivity contribution < 1.29 is 24.9 Å². The van der Waals surface area contributed by atoms with E-state index in [2.05, 4.69) is 4.90 Å². The first-order valence-electron chi connectivity index (χ1n) is 12.0. The van der Waals surface area contributed by atoms with Crippen molar-refractivity contribution >= 4 is 28.4 Å². The van der Waals surface area contributed by atoms with Gasteiger partial charge in [0.15, 0.2) is 5.82 Å². The van der Waals surface area contributed by atoms with Crippen molar-refractivity contribution in [2.24, 2.45) is 0 Å². The lowest BCUT2D eigenvalue weighted by Gasteiger charge is -2.36. The SMILES string of the molecule is Cc1ccc2c(N3CCN(C(=O)C(O)CC(=O)CC(C)(C)O)CC3)nc(-c3ccccc3O)nc2c1. The lowest BCUT2D eigenvalue weighted by molar-refractivity contribution is -0.143. The number of carbonyl (C=O) groups is 2. The quantitative estimate of drug-likeness (QED) is 0.459. The molecule has 0 spiro atoms. The summed E-state index contributed by atoms with van der Waals surface area (Å²) in [5.74, 6) is 0.379. The highest BCUT2D eigenvalue weighted by molar-refractivity contribution is 5.92. The number of rotatable bonds is 7. The van der Waals surface area contributed by atoms with Gasteiger partial charge < -0.3 is 25.1 Å². The number of hydrogen-bond acceptors (Lipinski definition) is 8. The van der Waals surface area contributed by atoms with E-state index >= 15 is 0 Å². The molecule has 9 nitrogen and oxygen atoms in total. The van der Waals surface area contributed by atoms with Gasteiger partial charge in [-0.05, 0) is 50.6 Å². The van der Waals surface area contributed by atoms with Crippen LogP contribution in [0.3, 0.4) is 0 Å². The smallest absolute Gasteiger partial charge is 0.251 e. The molecule has 0 bridgehead atoms. The highest BCUT2D eigenvalue weighted by Gasteiger charge is 2.30. The Morgan fingerprint density at radius 2 is 1.75 bits per heavy atom. The molecule has 0 aliphatic carbocycles. The zero-order chi connectivity index (χ0) is 26.0.